The average molecular weight is 247 g/mol. The van der Waals surface area contributed by atoms with Gasteiger partial charge in [-0.25, -0.2) is 4.79 Å². The molecule has 0 saturated heterocycles. The monoisotopic (exact) mass is 247 g/mol. The Bertz CT molecular complexity index is 438. The molecule has 1 aliphatic heterocycles. The summed E-state index contributed by atoms with van der Waals surface area (Å²) in [6.45, 7) is 7.45. The predicted octanol–water partition coefficient (Wildman–Crippen LogP) is 3.14. The van der Waals surface area contributed by atoms with E-state index in [4.69, 9.17) is 5.11 Å². The van der Waals surface area contributed by atoms with Crippen LogP contribution in [-0.2, 0) is 13.1 Å². The normalized spacial score (nSPS) is 15.1. The van der Waals surface area contributed by atoms with Gasteiger partial charge in [-0.1, -0.05) is 32.8 Å². The van der Waals surface area contributed by atoms with E-state index in [0.29, 0.717) is 5.56 Å². The van der Waals surface area contributed by atoms with Crippen LogP contribution >= 0.6 is 0 Å². The highest BCUT2D eigenvalue weighted by Gasteiger charge is 2.21. The predicted molar refractivity (Wildman–Crippen MR) is 71.6 cm³/mol. The number of hydrogen-bond donors (Lipinski definition) is 1. The first-order valence-corrected chi connectivity index (χ1v) is 6.71. The first-order valence-electron chi connectivity index (χ1n) is 6.71. The summed E-state index contributed by atoms with van der Waals surface area (Å²) in [5.41, 5.74) is 2.87. The van der Waals surface area contributed by atoms with Gasteiger partial charge in [0, 0.05) is 19.6 Å². The van der Waals surface area contributed by atoms with E-state index in [2.05, 4.69) is 18.7 Å². The number of aromatic carboxylic acids is 1. The molecule has 0 saturated carbocycles. The zero-order valence-corrected chi connectivity index (χ0v) is 11.1. The average Bonchev–Trinajstić information content (AvgIpc) is 2.76. The van der Waals surface area contributed by atoms with Crippen molar-refractivity contribution in [2.45, 2.75) is 39.8 Å². The van der Waals surface area contributed by atoms with Crippen molar-refractivity contribution < 1.29 is 9.90 Å². The maximum Gasteiger partial charge on any atom is 0.335 e. The van der Waals surface area contributed by atoms with Gasteiger partial charge in [0.1, 0.15) is 0 Å². The van der Waals surface area contributed by atoms with Gasteiger partial charge in [0.2, 0.25) is 0 Å². The van der Waals surface area contributed by atoms with Gasteiger partial charge in [-0.15, -0.1) is 0 Å². The molecule has 1 N–H and O–H groups in total. The second-order valence-corrected chi connectivity index (χ2v) is 5.14. The topological polar surface area (TPSA) is 40.5 Å². The zero-order valence-electron chi connectivity index (χ0n) is 11.1. The Labute approximate surface area is 108 Å². The molecular weight excluding hydrogens is 226 g/mol. The van der Waals surface area contributed by atoms with Crippen molar-refractivity contribution in [2.24, 2.45) is 5.92 Å². The minimum absolute atomic E-state index is 0.401. The molecular formula is C15H21NO2. The van der Waals surface area contributed by atoms with Crippen LogP contribution in [0.25, 0.3) is 0 Å². The molecule has 0 aromatic heterocycles. The number of carbonyl (C=O) groups is 1. The minimum Gasteiger partial charge on any atom is -0.478 e. The van der Waals surface area contributed by atoms with Crippen molar-refractivity contribution >= 4 is 5.97 Å². The lowest BCUT2D eigenvalue weighted by Crippen LogP contribution is -2.23. The molecule has 0 amide bonds. The zero-order chi connectivity index (χ0) is 13.1. The number of carboxylic acids is 1. The van der Waals surface area contributed by atoms with E-state index in [0.717, 1.165) is 25.6 Å². The molecule has 0 aliphatic carbocycles. The molecule has 1 heterocycles. The molecule has 0 bridgehead atoms. The fourth-order valence-electron chi connectivity index (χ4n) is 2.64. The highest BCUT2D eigenvalue weighted by atomic mass is 16.4. The summed E-state index contributed by atoms with van der Waals surface area (Å²) in [5, 5.41) is 8.99. The third kappa shape index (κ3) is 2.72. The Morgan fingerprint density at radius 1 is 1.28 bits per heavy atom. The Balaban J connectivity index is 2.06. The first-order chi connectivity index (χ1) is 8.63. The Morgan fingerprint density at radius 3 is 2.56 bits per heavy atom. The van der Waals surface area contributed by atoms with Gasteiger partial charge in [-0.3, -0.25) is 4.90 Å². The second-order valence-electron chi connectivity index (χ2n) is 5.14. The van der Waals surface area contributed by atoms with E-state index in [-0.39, 0.29) is 0 Å². The van der Waals surface area contributed by atoms with E-state index < -0.39 is 5.97 Å². The lowest BCUT2D eigenvalue weighted by molar-refractivity contribution is 0.0696. The van der Waals surface area contributed by atoms with Crippen molar-refractivity contribution in [3.05, 3.63) is 34.9 Å². The number of hydrogen-bond acceptors (Lipinski definition) is 2. The van der Waals surface area contributed by atoms with Gasteiger partial charge in [0.05, 0.1) is 5.56 Å². The molecule has 0 fully saturated rings. The Morgan fingerprint density at radius 2 is 1.94 bits per heavy atom. The number of rotatable bonds is 5. The largest absolute Gasteiger partial charge is 0.478 e. The number of nitrogens with zero attached hydrogens (tertiary/aromatic N) is 1. The highest BCUT2D eigenvalue weighted by molar-refractivity contribution is 5.87. The van der Waals surface area contributed by atoms with Gasteiger partial charge < -0.3 is 5.11 Å². The molecule has 98 valence electrons. The van der Waals surface area contributed by atoms with Crippen LogP contribution in [0.1, 0.15) is 48.2 Å². The minimum atomic E-state index is -0.837. The van der Waals surface area contributed by atoms with Crippen LogP contribution < -0.4 is 0 Å². The molecule has 18 heavy (non-hydrogen) atoms. The molecule has 2 rings (SSSR count). The summed E-state index contributed by atoms with van der Waals surface area (Å²) in [6.07, 6.45) is 2.42. The van der Waals surface area contributed by atoms with Gasteiger partial charge in [-0.05, 0) is 29.2 Å². The van der Waals surface area contributed by atoms with E-state index >= 15 is 0 Å². The standard InChI is InChI=1S/C15H21NO2/c1-3-11(4-2)8-16-9-13-6-5-12(15(17)18)7-14(13)10-16/h5-7,11H,3-4,8-10H2,1-2H3,(H,17,18). The van der Waals surface area contributed by atoms with E-state index in [1.807, 2.05) is 12.1 Å². The molecule has 3 nitrogen and oxygen atoms in total. The van der Waals surface area contributed by atoms with Crippen LogP contribution in [0.4, 0.5) is 0 Å². The maximum atomic E-state index is 10.9. The van der Waals surface area contributed by atoms with Crippen molar-refractivity contribution in [3.8, 4) is 0 Å². The lowest BCUT2D eigenvalue weighted by Gasteiger charge is -2.21. The fourth-order valence-corrected chi connectivity index (χ4v) is 2.64. The van der Waals surface area contributed by atoms with Crippen molar-refractivity contribution in [2.75, 3.05) is 6.54 Å². The van der Waals surface area contributed by atoms with Crippen LogP contribution in [0.15, 0.2) is 18.2 Å². The lowest BCUT2D eigenvalue weighted by atomic mass is 10.0. The maximum absolute atomic E-state index is 10.9. The quantitative estimate of drug-likeness (QED) is 0.869. The third-order valence-corrected chi connectivity index (χ3v) is 3.91. The summed E-state index contributed by atoms with van der Waals surface area (Å²) >= 11 is 0. The molecule has 1 aliphatic rings. The van der Waals surface area contributed by atoms with Crippen molar-refractivity contribution in [1.29, 1.82) is 0 Å². The number of fused-ring (bicyclic) bond motifs is 1. The summed E-state index contributed by atoms with van der Waals surface area (Å²) in [6, 6.07) is 5.50. The van der Waals surface area contributed by atoms with E-state index in [1.165, 1.54) is 24.0 Å². The molecule has 3 heteroatoms. The van der Waals surface area contributed by atoms with Crippen molar-refractivity contribution in [3.63, 3.8) is 0 Å². The molecule has 0 unspecified atom stereocenters. The summed E-state index contributed by atoms with van der Waals surface area (Å²) in [5.74, 6) is -0.0884. The van der Waals surface area contributed by atoms with Crippen LogP contribution in [0.2, 0.25) is 0 Å². The molecule has 0 radical (unpaired) electrons. The first kappa shape index (κ1) is 13.1. The van der Waals surface area contributed by atoms with Crippen LogP contribution in [0, 0.1) is 5.92 Å². The third-order valence-electron chi connectivity index (χ3n) is 3.91. The number of benzene rings is 1. The van der Waals surface area contributed by atoms with Crippen LogP contribution in [0.5, 0.6) is 0 Å². The van der Waals surface area contributed by atoms with E-state index in [9.17, 15) is 4.79 Å². The summed E-state index contributed by atoms with van der Waals surface area (Å²) in [7, 11) is 0. The van der Waals surface area contributed by atoms with E-state index in [1.54, 1.807) is 6.07 Å². The molecule has 0 atom stereocenters. The van der Waals surface area contributed by atoms with Crippen LogP contribution in [0.3, 0.4) is 0 Å². The van der Waals surface area contributed by atoms with Gasteiger partial charge in [-0.2, -0.15) is 0 Å². The molecule has 1 aromatic carbocycles. The number of carboxylic acid groups (broad SMARTS) is 1. The molecule has 0 spiro atoms. The van der Waals surface area contributed by atoms with Crippen molar-refractivity contribution in [1.82, 2.24) is 4.90 Å². The summed E-state index contributed by atoms with van der Waals surface area (Å²) in [4.78, 5) is 13.4. The SMILES string of the molecule is CCC(CC)CN1Cc2ccc(C(=O)O)cc2C1. The molecule has 1 aromatic rings. The highest BCUT2D eigenvalue weighted by Crippen LogP contribution is 2.25. The smallest absolute Gasteiger partial charge is 0.335 e. The fraction of sp³-hybridized carbons (Fsp3) is 0.533. The second kappa shape index (κ2) is 5.53. The van der Waals surface area contributed by atoms with Crippen LogP contribution in [-0.4, -0.2) is 22.5 Å². The van der Waals surface area contributed by atoms with Gasteiger partial charge >= 0.3 is 5.97 Å². The Kier molecular flexibility index (Phi) is 4.02. The Hall–Kier alpha value is -1.35. The van der Waals surface area contributed by atoms with Gasteiger partial charge in [0.25, 0.3) is 0 Å². The van der Waals surface area contributed by atoms with Gasteiger partial charge in [0.15, 0.2) is 0 Å². The summed E-state index contributed by atoms with van der Waals surface area (Å²) < 4.78 is 0.